The molecule has 5 nitrogen and oxygen atoms in total. The van der Waals surface area contributed by atoms with Gasteiger partial charge in [0.1, 0.15) is 23.7 Å². The van der Waals surface area contributed by atoms with Crippen molar-refractivity contribution in [1.29, 1.82) is 0 Å². The fourth-order valence-electron chi connectivity index (χ4n) is 2.43. The number of nitrogens with one attached hydrogen (secondary N) is 1. The van der Waals surface area contributed by atoms with E-state index in [-0.39, 0.29) is 6.04 Å². The van der Waals surface area contributed by atoms with Gasteiger partial charge in [-0.25, -0.2) is 9.97 Å². The van der Waals surface area contributed by atoms with Crippen LogP contribution in [0, 0.1) is 13.8 Å². The van der Waals surface area contributed by atoms with Gasteiger partial charge in [-0.15, -0.1) is 0 Å². The molecular weight excluding hydrogens is 264 g/mol. The minimum atomic E-state index is 0.170. The lowest BCUT2D eigenvalue weighted by Crippen LogP contribution is -2.07. The van der Waals surface area contributed by atoms with Crippen LogP contribution in [0.25, 0.3) is 5.82 Å². The van der Waals surface area contributed by atoms with Crippen LogP contribution < -0.4 is 5.32 Å². The Kier molecular flexibility index (Phi) is 3.48. The molecule has 0 aliphatic rings. The third-order valence-electron chi connectivity index (χ3n) is 3.45. The summed E-state index contributed by atoms with van der Waals surface area (Å²) in [6.07, 6.45) is 7.17. The van der Waals surface area contributed by atoms with Crippen LogP contribution in [-0.2, 0) is 0 Å². The average Bonchev–Trinajstić information content (AvgIpc) is 3.09. The molecule has 3 aromatic rings. The number of nitrogens with zero attached hydrogens (tertiary/aromatic N) is 3. The Hall–Kier alpha value is -2.56. The monoisotopic (exact) mass is 282 g/mol. The van der Waals surface area contributed by atoms with E-state index in [1.807, 2.05) is 42.9 Å². The van der Waals surface area contributed by atoms with Gasteiger partial charge in [0.2, 0.25) is 0 Å². The summed E-state index contributed by atoms with van der Waals surface area (Å²) in [6.45, 7) is 6.06. The molecule has 1 N–H and O–H groups in total. The van der Waals surface area contributed by atoms with E-state index in [2.05, 4.69) is 28.3 Å². The third kappa shape index (κ3) is 2.81. The van der Waals surface area contributed by atoms with E-state index in [4.69, 9.17) is 4.42 Å². The maximum Gasteiger partial charge on any atom is 0.137 e. The van der Waals surface area contributed by atoms with Crippen LogP contribution in [0.2, 0.25) is 0 Å². The summed E-state index contributed by atoms with van der Waals surface area (Å²) in [5.41, 5.74) is 2.15. The first-order valence-electron chi connectivity index (χ1n) is 6.91. The van der Waals surface area contributed by atoms with E-state index >= 15 is 0 Å². The van der Waals surface area contributed by atoms with Crippen molar-refractivity contribution < 1.29 is 4.42 Å². The quantitative estimate of drug-likeness (QED) is 0.793. The molecular formula is C16H18N4O. The van der Waals surface area contributed by atoms with Gasteiger partial charge in [0, 0.05) is 18.0 Å². The van der Waals surface area contributed by atoms with Gasteiger partial charge in [0.15, 0.2) is 0 Å². The predicted octanol–water partition coefficient (Wildman–Crippen LogP) is 3.65. The molecule has 0 saturated carbocycles. The van der Waals surface area contributed by atoms with E-state index in [0.29, 0.717) is 0 Å². The number of aromatic nitrogens is 3. The van der Waals surface area contributed by atoms with Gasteiger partial charge in [-0.2, -0.15) is 0 Å². The zero-order valence-corrected chi connectivity index (χ0v) is 12.4. The number of hydrogen-bond acceptors (Lipinski definition) is 4. The molecule has 5 heteroatoms. The third-order valence-corrected chi connectivity index (χ3v) is 3.45. The predicted molar refractivity (Wildman–Crippen MR) is 81.6 cm³/mol. The van der Waals surface area contributed by atoms with Gasteiger partial charge in [-0.1, -0.05) is 0 Å². The van der Waals surface area contributed by atoms with Gasteiger partial charge in [0.25, 0.3) is 0 Å². The second kappa shape index (κ2) is 5.44. The summed E-state index contributed by atoms with van der Waals surface area (Å²) < 4.78 is 7.45. The van der Waals surface area contributed by atoms with Crippen molar-refractivity contribution in [3.05, 3.63) is 60.2 Å². The zero-order valence-electron chi connectivity index (χ0n) is 12.4. The van der Waals surface area contributed by atoms with Gasteiger partial charge >= 0.3 is 0 Å². The molecule has 108 valence electrons. The van der Waals surface area contributed by atoms with Crippen molar-refractivity contribution >= 4 is 5.69 Å². The normalized spacial score (nSPS) is 12.3. The van der Waals surface area contributed by atoms with Crippen LogP contribution in [0.3, 0.4) is 0 Å². The van der Waals surface area contributed by atoms with Crippen LogP contribution in [0.15, 0.2) is 47.5 Å². The van der Waals surface area contributed by atoms with Crippen LogP contribution in [0.4, 0.5) is 5.69 Å². The Labute approximate surface area is 123 Å². The molecule has 3 rings (SSSR count). The molecule has 1 unspecified atom stereocenters. The molecule has 3 heterocycles. The number of furan rings is 1. The number of aryl methyl sites for hydroxylation is 2. The molecule has 21 heavy (non-hydrogen) atoms. The van der Waals surface area contributed by atoms with Crippen molar-refractivity contribution in [2.75, 3.05) is 5.32 Å². The standard InChI is InChI=1S/C16H18N4O/c1-11-8-15(13(3)21-11)12(2)19-14-4-5-16(18-9-14)20-7-6-17-10-20/h4-10,12,19H,1-3H3. The highest BCUT2D eigenvalue weighted by atomic mass is 16.3. The average molecular weight is 282 g/mol. The van der Waals surface area contributed by atoms with Gasteiger partial charge < -0.3 is 9.73 Å². The van der Waals surface area contributed by atoms with Crippen molar-refractivity contribution in [2.45, 2.75) is 26.8 Å². The Bertz CT molecular complexity index is 713. The smallest absolute Gasteiger partial charge is 0.137 e. The van der Waals surface area contributed by atoms with E-state index in [1.165, 1.54) is 5.56 Å². The number of anilines is 1. The summed E-state index contributed by atoms with van der Waals surface area (Å²) in [4.78, 5) is 8.45. The van der Waals surface area contributed by atoms with Crippen LogP contribution in [0.5, 0.6) is 0 Å². The molecule has 0 fully saturated rings. The lowest BCUT2D eigenvalue weighted by molar-refractivity contribution is 0.500. The van der Waals surface area contributed by atoms with Gasteiger partial charge in [-0.05, 0) is 39.0 Å². The largest absolute Gasteiger partial charge is 0.466 e. The van der Waals surface area contributed by atoms with Crippen LogP contribution in [-0.4, -0.2) is 14.5 Å². The van der Waals surface area contributed by atoms with E-state index in [1.54, 1.807) is 12.5 Å². The molecule has 0 aromatic carbocycles. The number of hydrogen-bond donors (Lipinski definition) is 1. The van der Waals surface area contributed by atoms with Crippen molar-refractivity contribution in [2.24, 2.45) is 0 Å². The lowest BCUT2D eigenvalue weighted by Gasteiger charge is -2.14. The minimum Gasteiger partial charge on any atom is -0.466 e. The van der Waals surface area contributed by atoms with Crippen molar-refractivity contribution in [1.82, 2.24) is 14.5 Å². The second-order valence-electron chi connectivity index (χ2n) is 5.11. The molecule has 1 atom stereocenters. The van der Waals surface area contributed by atoms with Crippen LogP contribution in [0.1, 0.15) is 30.0 Å². The maximum atomic E-state index is 5.58. The Morgan fingerprint density at radius 2 is 2.14 bits per heavy atom. The highest BCUT2D eigenvalue weighted by molar-refractivity contribution is 5.46. The van der Waals surface area contributed by atoms with Gasteiger partial charge in [-0.3, -0.25) is 4.57 Å². The summed E-state index contributed by atoms with van der Waals surface area (Å²) >= 11 is 0. The number of rotatable bonds is 4. The molecule has 0 saturated heterocycles. The molecule has 0 spiro atoms. The van der Waals surface area contributed by atoms with Crippen molar-refractivity contribution in [3.8, 4) is 5.82 Å². The van der Waals surface area contributed by atoms with Crippen LogP contribution >= 0.6 is 0 Å². The van der Waals surface area contributed by atoms with E-state index in [0.717, 1.165) is 23.0 Å². The minimum absolute atomic E-state index is 0.170. The Morgan fingerprint density at radius 3 is 2.71 bits per heavy atom. The lowest BCUT2D eigenvalue weighted by atomic mass is 10.1. The number of imidazole rings is 1. The summed E-state index contributed by atoms with van der Waals surface area (Å²) in [7, 11) is 0. The van der Waals surface area contributed by atoms with Gasteiger partial charge in [0.05, 0.1) is 17.9 Å². The summed E-state index contributed by atoms with van der Waals surface area (Å²) in [5.74, 6) is 2.74. The topological polar surface area (TPSA) is 55.9 Å². The summed E-state index contributed by atoms with van der Waals surface area (Å²) in [6, 6.07) is 6.22. The fraction of sp³-hybridized carbons (Fsp3) is 0.250. The van der Waals surface area contributed by atoms with E-state index < -0.39 is 0 Å². The molecule has 0 bridgehead atoms. The first-order chi connectivity index (χ1) is 10.1. The SMILES string of the molecule is Cc1cc(C(C)Nc2ccc(-n3ccnc3)nc2)c(C)o1. The van der Waals surface area contributed by atoms with E-state index in [9.17, 15) is 0 Å². The highest BCUT2D eigenvalue weighted by Gasteiger charge is 2.12. The maximum absolute atomic E-state index is 5.58. The fourth-order valence-corrected chi connectivity index (χ4v) is 2.43. The Balaban J connectivity index is 1.74. The zero-order chi connectivity index (χ0) is 14.8. The molecule has 0 amide bonds. The van der Waals surface area contributed by atoms with Crippen molar-refractivity contribution in [3.63, 3.8) is 0 Å². The first kappa shape index (κ1) is 13.4. The highest BCUT2D eigenvalue weighted by Crippen LogP contribution is 2.24. The molecule has 3 aromatic heterocycles. The second-order valence-corrected chi connectivity index (χ2v) is 5.11. The Morgan fingerprint density at radius 1 is 1.29 bits per heavy atom. The number of pyridine rings is 1. The summed E-state index contributed by atoms with van der Waals surface area (Å²) in [5, 5.41) is 3.44. The first-order valence-corrected chi connectivity index (χ1v) is 6.91. The molecule has 0 radical (unpaired) electrons. The molecule has 0 aliphatic heterocycles. The molecule has 0 aliphatic carbocycles.